The van der Waals surface area contributed by atoms with Gasteiger partial charge in [-0.05, 0) is 92.8 Å². The van der Waals surface area contributed by atoms with Gasteiger partial charge in [0, 0.05) is 64.0 Å². The van der Waals surface area contributed by atoms with Gasteiger partial charge in [0.25, 0.3) is 23.6 Å². The summed E-state index contributed by atoms with van der Waals surface area (Å²) in [6.45, 7) is 3.54. The highest BCUT2D eigenvalue weighted by molar-refractivity contribution is 6.38. The van der Waals surface area contributed by atoms with Crippen molar-refractivity contribution in [2.24, 2.45) is 16.8 Å². The number of aliphatic imine (C=N–C) groups is 1. The first kappa shape index (κ1) is 39.9. The van der Waals surface area contributed by atoms with Gasteiger partial charge in [0.1, 0.15) is 22.0 Å². The van der Waals surface area contributed by atoms with E-state index in [1.54, 1.807) is 75.5 Å². The van der Waals surface area contributed by atoms with E-state index in [0.717, 1.165) is 18.4 Å². The fourth-order valence-electron chi connectivity index (χ4n) is 5.91. The van der Waals surface area contributed by atoms with Gasteiger partial charge in [-0.15, -0.1) is 0 Å². The Kier molecular flexibility index (Phi) is 12.2. The molecule has 4 aromatic carbocycles. The summed E-state index contributed by atoms with van der Waals surface area (Å²) in [5, 5.41) is 11.2. The minimum Gasteiger partial charge on any atom is -0.326 e. The van der Waals surface area contributed by atoms with Crippen LogP contribution in [0.25, 0.3) is 0 Å². The van der Waals surface area contributed by atoms with Crippen LogP contribution in [0, 0.1) is 25.7 Å². The Morgan fingerprint density at radius 3 is 1.67 bits per heavy atom. The number of nitrogens with zero attached hydrogens (tertiary/aromatic N) is 1. The third-order valence-electron chi connectivity index (χ3n) is 9.39. The summed E-state index contributed by atoms with van der Waals surface area (Å²) in [6, 6.07) is 18.5. The number of carbonyl (C=O) groups excluding carboxylic acids is 6. The van der Waals surface area contributed by atoms with Crippen LogP contribution in [-0.2, 0) is 9.59 Å². The van der Waals surface area contributed by atoms with E-state index in [0.29, 0.717) is 34.7 Å². The molecular formula is C40H39B2N9O6. The van der Waals surface area contributed by atoms with Gasteiger partial charge < -0.3 is 21.3 Å². The predicted octanol–water partition coefficient (Wildman–Crippen LogP) is 1.90. The van der Waals surface area contributed by atoms with E-state index in [1.165, 1.54) is 24.5 Å². The Morgan fingerprint density at radius 1 is 0.649 bits per heavy atom. The molecule has 2 aliphatic rings. The molecule has 0 bridgehead atoms. The average Bonchev–Trinajstić information content (AvgIpc) is 4.12. The van der Waals surface area contributed by atoms with E-state index in [4.69, 9.17) is 15.7 Å². The standard InChI is InChI=1S/C40H39B2N9O6/c1-20-12-30(41)27(16-32(20)47-35(52)22-10-11-22)38(55)46-26-9-5-7-24(15-26)37(54)51-49-34-18-29(34)40(57)48-33-17-28(31(42)13-21(33)2)39(56)45-25-8-4-6-23(14-25)36(53)50-44-19-43-3/h4-9,12-17,19,22,29,34,49H,10-11,18H2,1-3H3,(H,43,44)(H,45,56)(H,46,55)(H,47,52)(H,48,57)(H,50,53)(H,51,54). The molecule has 0 spiro atoms. The largest absolute Gasteiger partial charge is 0.326 e. The summed E-state index contributed by atoms with van der Waals surface area (Å²) in [7, 11) is 13.9. The first-order chi connectivity index (χ1) is 27.3. The fraction of sp³-hybridized carbons (Fsp3) is 0.225. The van der Waals surface area contributed by atoms with Crippen LogP contribution in [0.5, 0.6) is 0 Å². The van der Waals surface area contributed by atoms with Gasteiger partial charge in [-0.1, -0.05) is 35.2 Å². The summed E-state index contributed by atoms with van der Waals surface area (Å²) in [5.74, 6) is -2.88. The van der Waals surface area contributed by atoms with Gasteiger partial charge in [-0.25, -0.2) is 5.43 Å². The number of rotatable bonds is 14. The first-order valence-corrected chi connectivity index (χ1v) is 18.1. The Bertz CT molecular complexity index is 2310. The van der Waals surface area contributed by atoms with E-state index in [9.17, 15) is 28.8 Å². The molecule has 8 N–H and O–H groups in total. The number of nitrogens with one attached hydrogen (secondary N) is 8. The van der Waals surface area contributed by atoms with Crippen molar-refractivity contribution < 1.29 is 28.8 Å². The van der Waals surface area contributed by atoms with Crippen LogP contribution >= 0.6 is 0 Å². The zero-order chi connectivity index (χ0) is 40.8. The molecule has 4 radical (unpaired) electrons. The number of hydrogen-bond acceptors (Lipinski definition) is 8. The first-order valence-electron chi connectivity index (χ1n) is 18.1. The maximum Gasteiger partial charge on any atom is 0.269 e. The summed E-state index contributed by atoms with van der Waals surface area (Å²) in [4.78, 5) is 81.1. The Labute approximate surface area is 331 Å². The lowest BCUT2D eigenvalue weighted by molar-refractivity contribution is -0.118. The van der Waals surface area contributed by atoms with Crippen LogP contribution in [0.3, 0.4) is 0 Å². The van der Waals surface area contributed by atoms with Gasteiger partial charge in [-0.2, -0.15) is 0 Å². The highest BCUT2D eigenvalue weighted by Crippen LogP contribution is 2.32. The van der Waals surface area contributed by atoms with Crippen LogP contribution in [0.1, 0.15) is 71.8 Å². The van der Waals surface area contributed by atoms with Crippen molar-refractivity contribution >= 4 is 91.1 Å². The summed E-state index contributed by atoms with van der Waals surface area (Å²) in [5.41, 5.74) is 14.7. The molecule has 0 saturated heterocycles. The number of amides is 6. The zero-order valence-corrected chi connectivity index (χ0v) is 31.4. The minimum atomic E-state index is -0.545. The number of hydrogen-bond donors (Lipinski definition) is 8. The molecule has 0 aromatic heterocycles. The number of hydrazine groups is 2. The molecule has 0 aliphatic heterocycles. The molecule has 286 valence electrons. The molecule has 2 atom stereocenters. The van der Waals surface area contributed by atoms with E-state index in [1.807, 2.05) is 0 Å². The quantitative estimate of drug-likeness (QED) is 0.0411. The minimum absolute atomic E-state index is 0.00903. The molecule has 4 aromatic rings. The molecule has 17 heteroatoms. The van der Waals surface area contributed by atoms with Crippen molar-refractivity contribution in [2.45, 2.75) is 39.2 Å². The number of aryl methyl sites for hydroxylation is 2. The summed E-state index contributed by atoms with van der Waals surface area (Å²) >= 11 is 0. The van der Waals surface area contributed by atoms with Crippen LogP contribution < -0.4 is 53.9 Å². The molecule has 2 fully saturated rings. The third kappa shape index (κ3) is 10.1. The average molecular weight is 763 g/mol. The molecule has 6 amide bonds. The monoisotopic (exact) mass is 763 g/mol. The molecule has 2 saturated carbocycles. The molecule has 0 heterocycles. The maximum atomic E-state index is 13.2. The number of anilines is 4. The smallest absolute Gasteiger partial charge is 0.269 e. The summed E-state index contributed by atoms with van der Waals surface area (Å²) < 4.78 is 0. The Hall–Kier alpha value is -6.74. The lowest BCUT2D eigenvalue weighted by Gasteiger charge is -2.15. The molecule has 15 nitrogen and oxygen atoms in total. The fourth-order valence-corrected chi connectivity index (χ4v) is 5.91. The van der Waals surface area contributed by atoms with E-state index in [-0.39, 0.29) is 57.0 Å². The van der Waals surface area contributed by atoms with E-state index >= 15 is 0 Å². The summed E-state index contributed by atoms with van der Waals surface area (Å²) in [6.07, 6.45) is 3.44. The molecular weight excluding hydrogens is 724 g/mol. The van der Waals surface area contributed by atoms with Crippen molar-refractivity contribution in [3.8, 4) is 0 Å². The van der Waals surface area contributed by atoms with Gasteiger partial charge in [0.05, 0.1) is 5.92 Å². The maximum absolute atomic E-state index is 13.2. The molecule has 2 aliphatic carbocycles. The normalized spacial score (nSPS) is 15.6. The van der Waals surface area contributed by atoms with Crippen molar-refractivity contribution in [1.29, 1.82) is 0 Å². The van der Waals surface area contributed by atoms with E-state index in [2.05, 4.69) is 48.0 Å². The van der Waals surface area contributed by atoms with Crippen molar-refractivity contribution in [2.75, 3.05) is 28.3 Å². The second-order valence-corrected chi connectivity index (χ2v) is 13.9. The van der Waals surface area contributed by atoms with Crippen molar-refractivity contribution in [3.05, 3.63) is 106 Å². The van der Waals surface area contributed by atoms with Crippen molar-refractivity contribution in [3.63, 3.8) is 0 Å². The second kappa shape index (κ2) is 17.4. The van der Waals surface area contributed by atoms with Gasteiger partial charge in [0.15, 0.2) is 0 Å². The Morgan fingerprint density at radius 2 is 1.16 bits per heavy atom. The molecule has 6 rings (SSSR count). The second-order valence-electron chi connectivity index (χ2n) is 13.9. The van der Waals surface area contributed by atoms with Crippen molar-refractivity contribution in [1.82, 2.24) is 21.7 Å². The number of benzene rings is 4. The van der Waals surface area contributed by atoms with Gasteiger partial charge in [-0.3, -0.25) is 50.0 Å². The third-order valence-corrected chi connectivity index (χ3v) is 9.39. The Balaban J connectivity index is 1.01. The highest BCUT2D eigenvalue weighted by Gasteiger charge is 2.43. The van der Waals surface area contributed by atoms with Gasteiger partial charge in [0.2, 0.25) is 11.8 Å². The number of carbonyl (C=O) groups is 6. The van der Waals surface area contributed by atoms with Crippen LogP contribution in [0.2, 0.25) is 0 Å². The van der Waals surface area contributed by atoms with Crippen LogP contribution in [-0.4, -0.2) is 70.6 Å². The lowest BCUT2D eigenvalue weighted by atomic mass is 9.87. The predicted molar refractivity (Wildman–Crippen MR) is 219 cm³/mol. The lowest BCUT2D eigenvalue weighted by Crippen LogP contribution is -2.40. The van der Waals surface area contributed by atoms with Gasteiger partial charge >= 0.3 is 0 Å². The van der Waals surface area contributed by atoms with E-state index < -0.39 is 29.5 Å². The SMILES string of the molecule is [B]c1cc(C)c(NC(=O)C2CC2)cc1C(=O)Nc1cccc(C(=O)NNC2CC2C(=O)Nc2cc(C(=O)Nc3cccc(C(=O)NNC=NC)c3)c([B])cc2C)c1. The molecule has 57 heavy (non-hydrogen) atoms. The topological polar surface area (TPSA) is 211 Å². The highest BCUT2D eigenvalue weighted by atomic mass is 16.2. The zero-order valence-electron chi connectivity index (χ0n) is 31.4. The van der Waals surface area contributed by atoms with Crippen LogP contribution in [0.4, 0.5) is 22.7 Å². The van der Waals surface area contributed by atoms with Crippen LogP contribution in [0.15, 0.2) is 77.8 Å². The molecule has 2 unspecified atom stereocenters.